The summed E-state index contributed by atoms with van der Waals surface area (Å²) in [5.41, 5.74) is 3.96. The van der Waals surface area contributed by atoms with Crippen LogP contribution in [0.5, 0.6) is 0 Å². The summed E-state index contributed by atoms with van der Waals surface area (Å²) in [6, 6.07) is 1.70. The molecule has 0 amide bonds. The molecular formula is C10H6F4N4. The highest BCUT2D eigenvalue weighted by Crippen LogP contribution is 2.30. The van der Waals surface area contributed by atoms with Crippen molar-refractivity contribution in [3.05, 3.63) is 36.0 Å². The number of aromatic nitrogens is 3. The molecule has 0 saturated carbocycles. The van der Waals surface area contributed by atoms with Gasteiger partial charge in [0.05, 0.1) is 11.9 Å². The maximum atomic E-state index is 12.9. The van der Waals surface area contributed by atoms with Crippen molar-refractivity contribution < 1.29 is 17.6 Å². The molecule has 0 aromatic carbocycles. The van der Waals surface area contributed by atoms with Crippen molar-refractivity contribution in [1.29, 1.82) is 0 Å². The lowest BCUT2D eigenvalue weighted by molar-refractivity contribution is -0.141. The molecule has 0 radical (unpaired) electrons. The van der Waals surface area contributed by atoms with Crippen LogP contribution >= 0.6 is 0 Å². The van der Waals surface area contributed by atoms with Crippen molar-refractivity contribution in [2.45, 2.75) is 6.18 Å². The molecule has 94 valence electrons. The molecule has 0 saturated heterocycles. The number of rotatable bonds is 1. The van der Waals surface area contributed by atoms with E-state index >= 15 is 0 Å². The van der Waals surface area contributed by atoms with E-state index in [1.165, 1.54) is 6.20 Å². The molecule has 0 aliphatic carbocycles. The summed E-state index contributed by atoms with van der Waals surface area (Å²) in [5.74, 6) is -1.22. The Morgan fingerprint density at radius 2 is 1.78 bits per heavy atom. The Hall–Kier alpha value is -2.25. The summed E-state index contributed by atoms with van der Waals surface area (Å²) in [7, 11) is 0. The van der Waals surface area contributed by atoms with Gasteiger partial charge in [-0.1, -0.05) is 0 Å². The molecule has 2 N–H and O–H groups in total. The third-order valence-corrected chi connectivity index (χ3v) is 2.03. The lowest BCUT2D eigenvalue weighted by atomic mass is 10.2. The zero-order valence-electron chi connectivity index (χ0n) is 8.74. The monoisotopic (exact) mass is 258 g/mol. The molecule has 0 spiro atoms. The smallest absolute Gasteiger partial charge is 0.368 e. The molecule has 0 atom stereocenters. The van der Waals surface area contributed by atoms with E-state index in [-0.39, 0.29) is 11.3 Å². The van der Waals surface area contributed by atoms with Crippen LogP contribution in [0.2, 0.25) is 0 Å². The number of pyridine rings is 1. The van der Waals surface area contributed by atoms with Gasteiger partial charge in [-0.05, 0) is 12.1 Å². The van der Waals surface area contributed by atoms with Crippen LogP contribution in [0, 0.1) is 5.82 Å². The summed E-state index contributed by atoms with van der Waals surface area (Å²) in [6.07, 6.45) is -2.53. The Morgan fingerprint density at radius 1 is 1.06 bits per heavy atom. The van der Waals surface area contributed by atoms with E-state index in [0.29, 0.717) is 6.07 Å². The molecule has 0 aliphatic heterocycles. The van der Waals surface area contributed by atoms with Gasteiger partial charge in [0.2, 0.25) is 5.95 Å². The van der Waals surface area contributed by atoms with E-state index in [1.54, 1.807) is 0 Å². The molecule has 2 aromatic heterocycles. The first-order valence-corrected chi connectivity index (χ1v) is 4.69. The molecule has 2 aromatic rings. The van der Waals surface area contributed by atoms with Crippen LogP contribution in [-0.2, 0) is 6.18 Å². The zero-order valence-corrected chi connectivity index (χ0v) is 8.74. The Kier molecular flexibility index (Phi) is 2.85. The van der Waals surface area contributed by atoms with Gasteiger partial charge in [-0.15, -0.1) is 0 Å². The minimum atomic E-state index is -4.65. The van der Waals surface area contributed by atoms with E-state index in [2.05, 4.69) is 15.0 Å². The number of hydrogen-bond donors (Lipinski definition) is 1. The molecule has 4 nitrogen and oxygen atoms in total. The Balaban J connectivity index is 2.55. The second-order valence-corrected chi connectivity index (χ2v) is 3.39. The van der Waals surface area contributed by atoms with Crippen LogP contribution in [0.3, 0.4) is 0 Å². The van der Waals surface area contributed by atoms with Gasteiger partial charge >= 0.3 is 6.18 Å². The number of nitrogen functional groups attached to an aromatic ring is 1. The van der Waals surface area contributed by atoms with Crippen LogP contribution in [0.4, 0.5) is 23.5 Å². The normalized spacial score (nSPS) is 11.6. The first-order chi connectivity index (χ1) is 8.36. The maximum Gasteiger partial charge on any atom is 0.433 e. The highest BCUT2D eigenvalue weighted by Gasteiger charge is 2.33. The van der Waals surface area contributed by atoms with E-state index in [1.807, 2.05) is 0 Å². The lowest BCUT2D eigenvalue weighted by Gasteiger charge is -2.08. The SMILES string of the molecule is Nc1nc(-c2cncc(F)c2)cc(C(F)(F)F)n1. The molecule has 8 heteroatoms. The standard InChI is InChI=1S/C10H6F4N4/c11-6-1-5(3-16-4-6)7-2-8(10(12,13)14)18-9(15)17-7/h1-4H,(H2,15,17,18). The number of nitrogens with zero attached hydrogens (tertiary/aromatic N) is 3. The largest absolute Gasteiger partial charge is 0.433 e. The molecule has 18 heavy (non-hydrogen) atoms. The second-order valence-electron chi connectivity index (χ2n) is 3.39. The van der Waals surface area contributed by atoms with E-state index < -0.39 is 23.6 Å². The fourth-order valence-electron chi connectivity index (χ4n) is 1.31. The molecule has 0 unspecified atom stereocenters. The Bertz CT molecular complexity index is 582. The average Bonchev–Trinajstić information content (AvgIpc) is 2.27. The number of nitrogens with two attached hydrogens (primary N) is 1. The zero-order chi connectivity index (χ0) is 13.3. The summed E-state index contributed by atoms with van der Waals surface area (Å²) in [5, 5.41) is 0. The number of halogens is 4. The molecular weight excluding hydrogens is 252 g/mol. The summed E-state index contributed by atoms with van der Waals surface area (Å²) in [4.78, 5) is 10.2. The van der Waals surface area contributed by atoms with Crippen molar-refractivity contribution in [2.24, 2.45) is 0 Å². The van der Waals surface area contributed by atoms with Crippen molar-refractivity contribution in [2.75, 3.05) is 5.73 Å². The van der Waals surface area contributed by atoms with Crippen LogP contribution in [0.25, 0.3) is 11.3 Å². The van der Waals surface area contributed by atoms with E-state index in [4.69, 9.17) is 5.73 Å². The van der Waals surface area contributed by atoms with E-state index in [9.17, 15) is 17.6 Å². The third-order valence-electron chi connectivity index (χ3n) is 2.03. The van der Waals surface area contributed by atoms with Gasteiger partial charge in [-0.3, -0.25) is 4.98 Å². The van der Waals surface area contributed by atoms with Gasteiger partial charge in [0.1, 0.15) is 5.82 Å². The van der Waals surface area contributed by atoms with Crippen molar-refractivity contribution >= 4 is 5.95 Å². The third kappa shape index (κ3) is 2.53. The van der Waals surface area contributed by atoms with Crippen molar-refractivity contribution in [3.63, 3.8) is 0 Å². The van der Waals surface area contributed by atoms with Gasteiger partial charge in [-0.2, -0.15) is 13.2 Å². The molecule has 0 aliphatic rings. The summed E-state index contributed by atoms with van der Waals surface area (Å²) in [6.45, 7) is 0. The minimum Gasteiger partial charge on any atom is -0.368 e. The predicted octanol–water partition coefficient (Wildman–Crippen LogP) is 2.28. The minimum absolute atomic E-state index is 0.0922. The average molecular weight is 258 g/mol. The van der Waals surface area contributed by atoms with E-state index in [0.717, 1.165) is 12.3 Å². The van der Waals surface area contributed by atoms with Gasteiger partial charge in [0, 0.05) is 11.8 Å². The predicted molar refractivity (Wildman–Crippen MR) is 54.6 cm³/mol. The maximum absolute atomic E-state index is 12.9. The fraction of sp³-hybridized carbons (Fsp3) is 0.100. The first kappa shape index (κ1) is 12.2. The topological polar surface area (TPSA) is 64.7 Å². The van der Waals surface area contributed by atoms with Gasteiger partial charge in [0.15, 0.2) is 5.69 Å². The van der Waals surface area contributed by atoms with Crippen molar-refractivity contribution in [1.82, 2.24) is 15.0 Å². The van der Waals surface area contributed by atoms with Gasteiger partial charge in [0.25, 0.3) is 0 Å². The van der Waals surface area contributed by atoms with Crippen molar-refractivity contribution in [3.8, 4) is 11.3 Å². The molecule has 2 heterocycles. The van der Waals surface area contributed by atoms with Gasteiger partial charge in [-0.25, -0.2) is 14.4 Å². The number of anilines is 1. The molecule has 0 bridgehead atoms. The summed E-state index contributed by atoms with van der Waals surface area (Å²) >= 11 is 0. The quantitative estimate of drug-likeness (QED) is 0.797. The number of hydrogen-bond acceptors (Lipinski definition) is 4. The Labute approximate surface area is 98.5 Å². The van der Waals surface area contributed by atoms with Crippen LogP contribution < -0.4 is 5.73 Å². The van der Waals surface area contributed by atoms with Crippen LogP contribution in [-0.4, -0.2) is 15.0 Å². The van der Waals surface area contributed by atoms with Crippen LogP contribution in [0.1, 0.15) is 5.69 Å². The highest BCUT2D eigenvalue weighted by molar-refractivity contribution is 5.59. The molecule has 0 fully saturated rings. The number of alkyl halides is 3. The second kappa shape index (κ2) is 4.21. The Morgan fingerprint density at radius 3 is 2.39 bits per heavy atom. The molecule has 2 rings (SSSR count). The lowest BCUT2D eigenvalue weighted by Crippen LogP contribution is -2.11. The van der Waals surface area contributed by atoms with Crippen LogP contribution in [0.15, 0.2) is 24.5 Å². The van der Waals surface area contributed by atoms with Gasteiger partial charge < -0.3 is 5.73 Å². The first-order valence-electron chi connectivity index (χ1n) is 4.69. The fourth-order valence-corrected chi connectivity index (χ4v) is 1.31. The highest BCUT2D eigenvalue weighted by atomic mass is 19.4. The summed E-state index contributed by atoms with van der Waals surface area (Å²) < 4.78 is 50.5.